The van der Waals surface area contributed by atoms with Crippen LogP contribution in [-0.4, -0.2) is 0 Å². The lowest BCUT2D eigenvalue weighted by Crippen LogP contribution is -2.12. The fourth-order valence-electron chi connectivity index (χ4n) is 5.63. The summed E-state index contributed by atoms with van der Waals surface area (Å²) in [5.74, 6) is 5.97. The van der Waals surface area contributed by atoms with E-state index in [-0.39, 0.29) is 0 Å². The summed E-state index contributed by atoms with van der Waals surface area (Å²) in [4.78, 5) is 0. The Hall–Kier alpha value is 0. The highest BCUT2D eigenvalue weighted by Crippen LogP contribution is 2.82. The lowest BCUT2D eigenvalue weighted by molar-refractivity contribution is 0.277. The van der Waals surface area contributed by atoms with Crippen LogP contribution in [0.2, 0.25) is 0 Å². The van der Waals surface area contributed by atoms with E-state index < -0.39 is 0 Å². The van der Waals surface area contributed by atoms with Crippen molar-refractivity contribution in [3.8, 4) is 0 Å². The van der Waals surface area contributed by atoms with Crippen molar-refractivity contribution in [1.29, 1.82) is 0 Å². The van der Waals surface area contributed by atoms with Gasteiger partial charge in [-0.05, 0) is 67.1 Å². The van der Waals surface area contributed by atoms with Crippen molar-refractivity contribution >= 4 is 0 Å². The average molecular weight is 204 g/mol. The van der Waals surface area contributed by atoms with E-state index >= 15 is 0 Å². The molecule has 4 saturated carbocycles. The molecule has 0 aromatic rings. The maximum atomic E-state index is 2.40. The highest BCUT2D eigenvalue weighted by molar-refractivity contribution is 5.24. The maximum absolute atomic E-state index is 2.40. The van der Waals surface area contributed by atoms with Gasteiger partial charge in [-0.1, -0.05) is 26.2 Å². The van der Waals surface area contributed by atoms with Gasteiger partial charge in [0.15, 0.2) is 0 Å². The molecule has 4 rings (SSSR count). The summed E-state index contributed by atoms with van der Waals surface area (Å²) in [7, 11) is 0. The largest absolute Gasteiger partial charge is 0.0651 e. The van der Waals surface area contributed by atoms with Crippen molar-refractivity contribution in [3.63, 3.8) is 0 Å². The molecule has 4 aliphatic carbocycles. The van der Waals surface area contributed by atoms with E-state index in [0.717, 1.165) is 11.3 Å². The molecule has 0 aromatic carbocycles. The minimum absolute atomic E-state index is 0.932. The maximum Gasteiger partial charge on any atom is -0.0229 e. The zero-order chi connectivity index (χ0) is 10.0. The van der Waals surface area contributed by atoms with Crippen molar-refractivity contribution in [2.75, 3.05) is 0 Å². The Bertz CT molecular complexity index is 282. The van der Waals surface area contributed by atoms with Gasteiger partial charge in [-0.25, -0.2) is 0 Å². The van der Waals surface area contributed by atoms with Crippen molar-refractivity contribution in [2.24, 2.45) is 35.0 Å². The van der Waals surface area contributed by atoms with E-state index in [0.29, 0.717) is 0 Å². The summed E-state index contributed by atoms with van der Waals surface area (Å²) in [6.45, 7) is 2.40. The summed E-state index contributed by atoms with van der Waals surface area (Å²) in [5, 5.41) is 0. The molecule has 0 aliphatic heterocycles. The molecule has 15 heavy (non-hydrogen) atoms. The molecule has 0 radical (unpaired) electrons. The molecular weight excluding hydrogens is 180 g/mol. The predicted molar refractivity (Wildman–Crippen MR) is 62.5 cm³/mol. The second-order valence-electron chi connectivity index (χ2n) is 6.97. The standard InChI is InChI=1S/C15H24/c1-2-10-4-3-5-13-14-12-8-11(12)9-15(13,14)7-6-10/h10-14H,2-9H2,1H3. The topological polar surface area (TPSA) is 0 Å². The minimum Gasteiger partial charge on any atom is -0.0651 e. The molecule has 1 spiro atoms. The first kappa shape index (κ1) is 9.07. The SMILES string of the molecule is CCC1CCCC2C3C4CC4CC23CC1. The molecule has 6 atom stereocenters. The number of rotatable bonds is 1. The van der Waals surface area contributed by atoms with E-state index in [2.05, 4.69) is 6.92 Å². The zero-order valence-corrected chi connectivity index (χ0v) is 10.0. The fraction of sp³-hybridized carbons (Fsp3) is 1.00. The van der Waals surface area contributed by atoms with Crippen LogP contribution in [0.15, 0.2) is 0 Å². The molecule has 84 valence electrons. The highest BCUT2D eigenvalue weighted by Gasteiger charge is 2.76. The third kappa shape index (κ3) is 1.09. The molecular formula is C15H24. The molecule has 0 aromatic heterocycles. The van der Waals surface area contributed by atoms with Gasteiger partial charge in [-0.3, -0.25) is 0 Å². The van der Waals surface area contributed by atoms with Crippen molar-refractivity contribution in [3.05, 3.63) is 0 Å². The Labute approximate surface area is 93.8 Å². The van der Waals surface area contributed by atoms with Crippen molar-refractivity contribution < 1.29 is 0 Å². The van der Waals surface area contributed by atoms with Gasteiger partial charge in [0.25, 0.3) is 0 Å². The average Bonchev–Trinajstić information content (AvgIpc) is 3.07. The molecule has 4 aliphatic rings. The summed E-state index contributed by atoms with van der Waals surface area (Å²) in [6.07, 6.45) is 12.6. The van der Waals surface area contributed by atoms with Crippen LogP contribution in [0.4, 0.5) is 0 Å². The molecule has 4 fully saturated rings. The van der Waals surface area contributed by atoms with E-state index in [1.54, 1.807) is 44.9 Å². The van der Waals surface area contributed by atoms with Gasteiger partial charge in [0.1, 0.15) is 0 Å². The van der Waals surface area contributed by atoms with Crippen LogP contribution in [-0.2, 0) is 0 Å². The predicted octanol–water partition coefficient (Wildman–Crippen LogP) is 4.25. The molecule has 0 bridgehead atoms. The third-order valence-corrected chi connectivity index (χ3v) is 6.53. The van der Waals surface area contributed by atoms with Gasteiger partial charge in [-0.2, -0.15) is 0 Å². The van der Waals surface area contributed by atoms with E-state index in [9.17, 15) is 0 Å². The Kier molecular flexibility index (Phi) is 1.70. The minimum atomic E-state index is 0.932. The molecule has 6 unspecified atom stereocenters. The van der Waals surface area contributed by atoms with E-state index in [4.69, 9.17) is 0 Å². The van der Waals surface area contributed by atoms with Crippen LogP contribution >= 0.6 is 0 Å². The summed E-state index contributed by atoms with van der Waals surface area (Å²) in [5.41, 5.74) is 0.932. The van der Waals surface area contributed by atoms with Gasteiger partial charge in [0, 0.05) is 0 Å². The number of hydrogen-bond donors (Lipinski definition) is 0. The van der Waals surface area contributed by atoms with E-state index in [1.807, 2.05) is 0 Å². The third-order valence-electron chi connectivity index (χ3n) is 6.53. The lowest BCUT2D eigenvalue weighted by atomic mass is 9.82. The van der Waals surface area contributed by atoms with E-state index in [1.165, 1.54) is 30.1 Å². The zero-order valence-electron chi connectivity index (χ0n) is 10.0. The quantitative estimate of drug-likeness (QED) is 0.599. The lowest BCUT2D eigenvalue weighted by Gasteiger charge is -2.24. The second-order valence-corrected chi connectivity index (χ2v) is 6.97. The summed E-state index contributed by atoms with van der Waals surface area (Å²) >= 11 is 0. The van der Waals surface area contributed by atoms with Gasteiger partial charge < -0.3 is 0 Å². The van der Waals surface area contributed by atoms with Crippen LogP contribution < -0.4 is 0 Å². The molecule has 0 amide bonds. The second kappa shape index (κ2) is 2.81. The van der Waals surface area contributed by atoms with Crippen LogP contribution in [0.1, 0.15) is 58.3 Å². The van der Waals surface area contributed by atoms with Gasteiger partial charge in [0.05, 0.1) is 0 Å². The van der Waals surface area contributed by atoms with Gasteiger partial charge >= 0.3 is 0 Å². The normalized spacial score (nSPS) is 61.0. The monoisotopic (exact) mass is 204 g/mol. The first-order valence-corrected chi connectivity index (χ1v) is 7.35. The number of hydrogen-bond acceptors (Lipinski definition) is 0. The first-order valence-electron chi connectivity index (χ1n) is 7.35. The smallest absolute Gasteiger partial charge is 0.0229 e. The fourth-order valence-corrected chi connectivity index (χ4v) is 5.63. The molecule has 0 nitrogen and oxygen atoms in total. The van der Waals surface area contributed by atoms with Gasteiger partial charge in [0.2, 0.25) is 0 Å². The Morgan fingerprint density at radius 1 is 1.20 bits per heavy atom. The Morgan fingerprint density at radius 3 is 3.00 bits per heavy atom. The van der Waals surface area contributed by atoms with Crippen LogP contribution in [0.3, 0.4) is 0 Å². The molecule has 0 heteroatoms. The molecule has 0 heterocycles. The van der Waals surface area contributed by atoms with Crippen molar-refractivity contribution in [2.45, 2.75) is 58.3 Å². The Balaban J connectivity index is 1.52. The Morgan fingerprint density at radius 2 is 2.13 bits per heavy atom. The van der Waals surface area contributed by atoms with Crippen molar-refractivity contribution in [1.82, 2.24) is 0 Å². The van der Waals surface area contributed by atoms with Gasteiger partial charge in [-0.15, -0.1) is 0 Å². The molecule has 0 saturated heterocycles. The highest BCUT2D eigenvalue weighted by atomic mass is 14.8. The first-order chi connectivity index (χ1) is 7.35. The van der Waals surface area contributed by atoms with Crippen LogP contribution in [0.25, 0.3) is 0 Å². The summed E-state index contributed by atoms with van der Waals surface area (Å²) in [6, 6.07) is 0. The van der Waals surface area contributed by atoms with Crippen LogP contribution in [0.5, 0.6) is 0 Å². The molecule has 0 N–H and O–H groups in total. The summed E-state index contributed by atoms with van der Waals surface area (Å²) < 4.78 is 0. The van der Waals surface area contributed by atoms with Crippen LogP contribution in [0, 0.1) is 35.0 Å². The number of fused-ring (bicyclic) bond motifs is 3.